The Morgan fingerprint density at radius 3 is 2.79 bits per heavy atom. The SMILES string of the molecule is Cn1nc(-c2cccc(C(=O)N3CCCCCC3c3ccco3)c2)ccc1=O. The van der Waals surface area contributed by atoms with Crippen molar-refractivity contribution in [3.8, 4) is 11.3 Å². The topological polar surface area (TPSA) is 68.3 Å². The number of amides is 1. The molecule has 28 heavy (non-hydrogen) atoms. The molecule has 0 spiro atoms. The maximum atomic E-state index is 13.4. The number of rotatable bonds is 3. The van der Waals surface area contributed by atoms with E-state index in [2.05, 4.69) is 5.10 Å². The van der Waals surface area contributed by atoms with Crippen LogP contribution in [0.15, 0.2) is 64.0 Å². The van der Waals surface area contributed by atoms with Gasteiger partial charge in [-0.3, -0.25) is 9.59 Å². The Morgan fingerprint density at radius 1 is 1.11 bits per heavy atom. The fourth-order valence-corrected chi connectivity index (χ4v) is 3.76. The van der Waals surface area contributed by atoms with Crippen molar-refractivity contribution in [2.75, 3.05) is 6.54 Å². The van der Waals surface area contributed by atoms with Crippen LogP contribution in [0.25, 0.3) is 11.3 Å². The van der Waals surface area contributed by atoms with E-state index in [0.29, 0.717) is 17.8 Å². The van der Waals surface area contributed by atoms with Crippen molar-refractivity contribution < 1.29 is 9.21 Å². The molecular formula is C22H23N3O3. The minimum atomic E-state index is -0.165. The number of hydrogen-bond donors (Lipinski definition) is 0. The molecule has 1 unspecified atom stereocenters. The highest BCUT2D eigenvalue weighted by molar-refractivity contribution is 5.95. The lowest BCUT2D eigenvalue weighted by atomic mass is 10.0. The smallest absolute Gasteiger partial charge is 0.266 e. The molecule has 1 amide bonds. The maximum absolute atomic E-state index is 13.4. The van der Waals surface area contributed by atoms with Gasteiger partial charge in [0.2, 0.25) is 0 Å². The molecule has 3 aromatic rings. The van der Waals surface area contributed by atoms with Crippen LogP contribution >= 0.6 is 0 Å². The van der Waals surface area contributed by atoms with Gasteiger partial charge in [0, 0.05) is 30.8 Å². The quantitative estimate of drug-likeness (QED) is 0.696. The maximum Gasteiger partial charge on any atom is 0.266 e. The zero-order valence-electron chi connectivity index (χ0n) is 15.9. The summed E-state index contributed by atoms with van der Waals surface area (Å²) in [6.45, 7) is 0.715. The van der Waals surface area contributed by atoms with Crippen LogP contribution in [0, 0.1) is 0 Å². The first-order valence-electron chi connectivity index (χ1n) is 9.62. The normalized spacial score (nSPS) is 17.3. The van der Waals surface area contributed by atoms with Crippen molar-refractivity contribution in [3.63, 3.8) is 0 Å². The summed E-state index contributed by atoms with van der Waals surface area (Å²) in [5, 5.41) is 4.29. The third-order valence-corrected chi connectivity index (χ3v) is 5.25. The Balaban J connectivity index is 1.66. The predicted octanol–water partition coefficient (Wildman–Crippen LogP) is 3.80. The molecule has 1 atom stereocenters. The first kappa shape index (κ1) is 18.2. The zero-order chi connectivity index (χ0) is 19.5. The molecule has 1 saturated heterocycles. The lowest BCUT2D eigenvalue weighted by Gasteiger charge is -2.29. The minimum absolute atomic E-state index is 0.00466. The zero-order valence-corrected chi connectivity index (χ0v) is 15.9. The van der Waals surface area contributed by atoms with Gasteiger partial charge in [-0.2, -0.15) is 5.10 Å². The molecule has 0 saturated carbocycles. The number of hydrogen-bond acceptors (Lipinski definition) is 4. The van der Waals surface area contributed by atoms with E-state index in [4.69, 9.17) is 4.42 Å². The first-order chi connectivity index (χ1) is 13.6. The van der Waals surface area contributed by atoms with Crippen molar-refractivity contribution in [1.82, 2.24) is 14.7 Å². The molecule has 3 heterocycles. The van der Waals surface area contributed by atoms with Crippen molar-refractivity contribution in [3.05, 3.63) is 76.5 Å². The van der Waals surface area contributed by atoms with Gasteiger partial charge < -0.3 is 9.32 Å². The van der Waals surface area contributed by atoms with Gasteiger partial charge in [-0.05, 0) is 43.2 Å². The molecule has 0 bridgehead atoms. The molecule has 4 rings (SSSR count). The van der Waals surface area contributed by atoms with E-state index in [-0.39, 0.29) is 17.5 Å². The van der Waals surface area contributed by atoms with E-state index in [0.717, 1.165) is 37.0 Å². The van der Waals surface area contributed by atoms with E-state index in [9.17, 15) is 9.59 Å². The fraction of sp³-hybridized carbons (Fsp3) is 0.318. The van der Waals surface area contributed by atoms with Crippen molar-refractivity contribution in [2.24, 2.45) is 7.05 Å². The second-order valence-electron chi connectivity index (χ2n) is 7.14. The number of aryl methyl sites for hydroxylation is 1. The molecule has 0 radical (unpaired) electrons. The number of carbonyl (C=O) groups excluding carboxylic acids is 1. The average Bonchev–Trinajstić information content (AvgIpc) is 3.14. The standard InChI is InChI=1S/C22H23N3O3/c1-24-21(26)12-11-18(23-24)16-7-5-8-17(15-16)22(27)25-13-4-2-3-9-19(25)20-10-6-14-28-20/h5-8,10-12,14-15,19H,2-4,9,13H2,1H3. The van der Waals surface area contributed by atoms with Crippen LogP contribution in [0.2, 0.25) is 0 Å². The third kappa shape index (κ3) is 3.63. The number of likely N-dealkylation sites (tertiary alicyclic amines) is 1. The summed E-state index contributed by atoms with van der Waals surface area (Å²) in [4.78, 5) is 26.9. The molecule has 2 aromatic heterocycles. The highest BCUT2D eigenvalue weighted by Gasteiger charge is 2.29. The van der Waals surface area contributed by atoms with E-state index in [1.54, 1.807) is 19.4 Å². The summed E-state index contributed by atoms with van der Waals surface area (Å²) >= 11 is 0. The van der Waals surface area contributed by atoms with Crippen molar-refractivity contribution in [1.29, 1.82) is 0 Å². The molecule has 6 heteroatoms. The molecule has 1 aliphatic heterocycles. The van der Waals surface area contributed by atoms with Gasteiger partial charge in [-0.1, -0.05) is 25.0 Å². The molecular weight excluding hydrogens is 354 g/mol. The van der Waals surface area contributed by atoms with Crippen LogP contribution in [0.5, 0.6) is 0 Å². The Bertz CT molecular complexity index is 1020. The van der Waals surface area contributed by atoms with Gasteiger partial charge in [-0.25, -0.2) is 4.68 Å². The second kappa shape index (κ2) is 7.84. The van der Waals surface area contributed by atoms with Crippen LogP contribution in [0.1, 0.15) is 47.8 Å². The van der Waals surface area contributed by atoms with E-state index in [1.165, 1.54) is 10.7 Å². The summed E-state index contributed by atoms with van der Waals surface area (Å²) in [6.07, 6.45) is 5.75. The van der Waals surface area contributed by atoms with Gasteiger partial charge in [0.1, 0.15) is 5.76 Å². The average molecular weight is 377 g/mol. The lowest BCUT2D eigenvalue weighted by molar-refractivity contribution is 0.0658. The third-order valence-electron chi connectivity index (χ3n) is 5.25. The Morgan fingerprint density at radius 2 is 2.00 bits per heavy atom. The van der Waals surface area contributed by atoms with Gasteiger partial charge in [0.15, 0.2) is 0 Å². The fourth-order valence-electron chi connectivity index (χ4n) is 3.76. The van der Waals surface area contributed by atoms with Crippen molar-refractivity contribution in [2.45, 2.75) is 31.7 Å². The number of aromatic nitrogens is 2. The number of carbonyl (C=O) groups is 1. The summed E-state index contributed by atoms with van der Waals surface area (Å²) < 4.78 is 6.92. The van der Waals surface area contributed by atoms with E-state index >= 15 is 0 Å². The second-order valence-corrected chi connectivity index (χ2v) is 7.14. The molecule has 6 nitrogen and oxygen atoms in total. The van der Waals surface area contributed by atoms with E-state index in [1.807, 2.05) is 41.3 Å². The molecule has 144 valence electrons. The number of nitrogens with zero attached hydrogens (tertiary/aromatic N) is 3. The Kier molecular flexibility index (Phi) is 5.10. The minimum Gasteiger partial charge on any atom is -0.467 e. The Hall–Kier alpha value is -3.15. The van der Waals surface area contributed by atoms with Crippen LogP contribution in [-0.2, 0) is 7.05 Å². The summed E-state index contributed by atoms with van der Waals surface area (Å²) in [6, 6.07) is 14.4. The summed E-state index contributed by atoms with van der Waals surface area (Å²) in [5.74, 6) is 0.834. The predicted molar refractivity (Wildman–Crippen MR) is 106 cm³/mol. The van der Waals surface area contributed by atoms with Gasteiger partial charge in [0.25, 0.3) is 11.5 Å². The first-order valence-corrected chi connectivity index (χ1v) is 9.62. The van der Waals surface area contributed by atoms with Gasteiger partial charge in [0.05, 0.1) is 18.0 Å². The van der Waals surface area contributed by atoms with Crippen LogP contribution in [-0.4, -0.2) is 27.1 Å². The van der Waals surface area contributed by atoms with Gasteiger partial charge in [-0.15, -0.1) is 0 Å². The molecule has 1 aliphatic rings. The van der Waals surface area contributed by atoms with E-state index < -0.39 is 0 Å². The highest BCUT2D eigenvalue weighted by Crippen LogP contribution is 2.32. The monoisotopic (exact) mass is 377 g/mol. The van der Waals surface area contributed by atoms with Crippen LogP contribution in [0.3, 0.4) is 0 Å². The largest absolute Gasteiger partial charge is 0.467 e. The summed E-state index contributed by atoms with van der Waals surface area (Å²) in [7, 11) is 1.62. The number of benzene rings is 1. The van der Waals surface area contributed by atoms with Gasteiger partial charge >= 0.3 is 0 Å². The Labute approximate surface area is 163 Å². The molecule has 1 aromatic carbocycles. The van der Waals surface area contributed by atoms with Crippen molar-refractivity contribution >= 4 is 5.91 Å². The molecule has 1 fully saturated rings. The summed E-state index contributed by atoms with van der Waals surface area (Å²) in [5.41, 5.74) is 1.93. The van der Waals surface area contributed by atoms with Crippen LogP contribution in [0.4, 0.5) is 0 Å². The molecule has 0 N–H and O–H groups in total. The number of furan rings is 1. The lowest BCUT2D eigenvalue weighted by Crippen LogP contribution is -2.34. The molecule has 0 aliphatic carbocycles. The highest BCUT2D eigenvalue weighted by atomic mass is 16.3. The van der Waals surface area contributed by atoms with Crippen LogP contribution < -0.4 is 5.56 Å².